The first-order valence-corrected chi connectivity index (χ1v) is 11.5. The van der Waals surface area contributed by atoms with E-state index in [0.717, 1.165) is 21.7 Å². The van der Waals surface area contributed by atoms with E-state index in [0.29, 0.717) is 23.2 Å². The van der Waals surface area contributed by atoms with Gasteiger partial charge in [0.2, 0.25) is 10.6 Å². The molecular formula is C24H11Cl2N9. The van der Waals surface area contributed by atoms with E-state index in [4.69, 9.17) is 33.3 Å². The predicted octanol–water partition coefficient (Wildman–Crippen LogP) is 5.25. The highest BCUT2D eigenvalue weighted by Gasteiger charge is 2.21. The molecule has 0 saturated heterocycles. The van der Waals surface area contributed by atoms with E-state index in [2.05, 4.69) is 68.7 Å². The number of nitrogens with zero attached hydrogens (tertiary/aromatic N) is 9. The molecule has 0 aliphatic heterocycles. The molecule has 0 spiro atoms. The van der Waals surface area contributed by atoms with Crippen LogP contribution >= 0.6 is 23.2 Å². The lowest BCUT2D eigenvalue weighted by Gasteiger charge is -2.12. The van der Waals surface area contributed by atoms with Crippen LogP contribution in [0, 0.1) is 0 Å². The molecule has 0 saturated carbocycles. The maximum absolute atomic E-state index is 6.12. The third-order valence-corrected chi connectivity index (χ3v) is 6.62. The SMILES string of the molecule is Clc1nc2n(n1)c1nc(Cl)nn1c1nc(-c3cccc4c5ccccc5c5ccccc5c34)nn21. The molecule has 0 aliphatic carbocycles. The Kier molecular flexibility index (Phi) is 3.60. The minimum atomic E-state index is 0.0539. The smallest absolute Gasteiger partial charge is 0.189 e. The Hall–Kier alpha value is -4.34. The van der Waals surface area contributed by atoms with Crippen molar-refractivity contribution in [3.63, 3.8) is 0 Å². The van der Waals surface area contributed by atoms with Gasteiger partial charge in [-0.05, 0) is 50.1 Å². The fourth-order valence-electron chi connectivity index (χ4n) is 4.93. The van der Waals surface area contributed by atoms with Crippen molar-refractivity contribution in [2.75, 3.05) is 0 Å². The second-order valence-electron chi connectivity index (χ2n) is 8.15. The molecular weight excluding hydrogens is 485 g/mol. The van der Waals surface area contributed by atoms with Crippen molar-refractivity contribution >= 4 is 72.9 Å². The van der Waals surface area contributed by atoms with Crippen molar-refractivity contribution in [3.8, 4) is 11.4 Å². The summed E-state index contributed by atoms with van der Waals surface area (Å²) in [5, 5.41) is 20.3. The van der Waals surface area contributed by atoms with Crippen molar-refractivity contribution in [1.29, 1.82) is 0 Å². The van der Waals surface area contributed by atoms with Gasteiger partial charge < -0.3 is 0 Å². The van der Waals surface area contributed by atoms with Crippen LogP contribution in [0.2, 0.25) is 10.6 Å². The Balaban J connectivity index is 1.56. The Morgan fingerprint density at radius 3 is 1.54 bits per heavy atom. The Morgan fingerprint density at radius 2 is 0.943 bits per heavy atom. The van der Waals surface area contributed by atoms with Gasteiger partial charge in [0.25, 0.3) is 17.3 Å². The molecule has 0 fully saturated rings. The van der Waals surface area contributed by atoms with Gasteiger partial charge >= 0.3 is 0 Å². The van der Waals surface area contributed by atoms with Gasteiger partial charge in [0.05, 0.1) is 0 Å². The summed E-state index contributed by atoms with van der Waals surface area (Å²) in [4.78, 5) is 13.4. The van der Waals surface area contributed by atoms with E-state index in [9.17, 15) is 0 Å². The highest BCUT2D eigenvalue weighted by Crippen LogP contribution is 2.39. The Bertz CT molecular complexity index is 2040. The molecule has 8 rings (SSSR count). The summed E-state index contributed by atoms with van der Waals surface area (Å²) in [5.41, 5.74) is 0.885. The zero-order chi connectivity index (χ0) is 23.3. The summed E-state index contributed by atoms with van der Waals surface area (Å²) in [6.45, 7) is 0. The highest BCUT2D eigenvalue weighted by atomic mass is 35.5. The average Bonchev–Trinajstić information content (AvgIpc) is 3.59. The van der Waals surface area contributed by atoms with E-state index < -0.39 is 0 Å². The maximum atomic E-state index is 6.12. The molecule has 4 aromatic carbocycles. The largest absolute Gasteiger partial charge is 0.261 e. The first-order valence-electron chi connectivity index (χ1n) is 10.7. The summed E-state index contributed by atoms with van der Waals surface area (Å²) in [7, 11) is 0. The number of fused-ring (bicyclic) bond motifs is 12. The fraction of sp³-hybridized carbons (Fsp3) is 0. The van der Waals surface area contributed by atoms with E-state index in [1.54, 1.807) is 4.52 Å². The van der Waals surface area contributed by atoms with Gasteiger partial charge in [0.1, 0.15) is 0 Å². The van der Waals surface area contributed by atoms with Crippen molar-refractivity contribution in [2.45, 2.75) is 0 Å². The number of rotatable bonds is 1. The zero-order valence-electron chi connectivity index (χ0n) is 17.6. The molecule has 0 bridgehead atoms. The summed E-state index contributed by atoms with van der Waals surface area (Å²) in [6, 6.07) is 23.0. The van der Waals surface area contributed by atoms with E-state index in [-0.39, 0.29) is 10.6 Å². The topological polar surface area (TPSA) is 90.6 Å². The van der Waals surface area contributed by atoms with Crippen LogP contribution in [-0.4, -0.2) is 43.8 Å². The van der Waals surface area contributed by atoms with Gasteiger partial charge in [-0.3, -0.25) is 0 Å². The molecule has 4 aromatic heterocycles. The summed E-state index contributed by atoms with van der Waals surface area (Å²) in [6.07, 6.45) is 0. The number of aromatic nitrogens is 9. The molecule has 166 valence electrons. The molecule has 11 heteroatoms. The zero-order valence-corrected chi connectivity index (χ0v) is 19.1. The Morgan fingerprint density at radius 1 is 0.486 bits per heavy atom. The molecule has 0 unspecified atom stereocenters. The fourth-order valence-corrected chi connectivity index (χ4v) is 5.24. The summed E-state index contributed by atoms with van der Waals surface area (Å²) >= 11 is 12.2. The lowest BCUT2D eigenvalue weighted by Crippen LogP contribution is -2.06. The third kappa shape index (κ3) is 2.48. The third-order valence-electron chi connectivity index (χ3n) is 6.30. The lowest BCUT2D eigenvalue weighted by molar-refractivity contribution is 0.816. The Labute approximate surface area is 205 Å². The molecule has 0 amide bonds. The molecule has 0 aliphatic rings. The quantitative estimate of drug-likeness (QED) is 0.289. The van der Waals surface area contributed by atoms with Crippen LogP contribution in [0.3, 0.4) is 0 Å². The number of benzene rings is 4. The molecule has 0 N–H and O–H groups in total. The first kappa shape index (κ1) is 19.0. The second kappa shape index (κ2) is 6.62. The van der Waals surface area contributed by atoms with Crippen LogP contribution in [0.1, 0.15) is 0 Å². The van der Waals surface area contributed by atoms with Crippen molar-refractivity contribution in [3.05, 3.63) is 77.3 Å². The van der Waals surface area contributed by atoms with Gasteiger partial charge in [-0.1, -0.05) is 66.7 Å². The predicted molar refractivity (Wildman–Crippen MR) is 134 cm³/mol. The van der Waals surface area contributed by atoms with Gasteiger partial charge in [0, 0.05) is 10.9 Å². The van der Waals surface area contributed by atoms with Crippen LogP contribution in [-0.2, 0) is 0 Å². The van der Waals surface area contributed by atoms with Crippen LogP contribution in [0.25, 0.3) is 61.0 Å². The number of halogens is 2. The van der Waals surface area contributed by atoms with E-state index in [1.165, 1.54) is 25.2 Å². The van der Waals surface area contributed by atoms with Crippen LogP contribution in [0.15, 0.2) is 66.7 Å². The van der Waals surface area contributed by atoms with Gasteiger partial charge in [-0.25, -0.2) is 0 Å². The second-order valence-corrected chi connectivity index (χ2v) is 8.83. The van der Waals surface area contributed by atoms with Gasteiger partial charge in [-0.15, -0.1) is 15.3 Å². The monoisotopic (exact) mass is 495 g/mol. The van der Waals surface area contributed by atoms with Crippen LogP contribution in [0.4, 0.5) is 0 Å². The summed E-state index contributed by atoms with van der Waals surface area (Å²) < 4.78 is 4.47. The average molecular weight is 496 g/mol. The van der Waals surface area contributed by atoms with Crippen LogP contribution in [0.5, 0.6) is 0 Å². The number of hydrogen-bond donors (Lipinski definition) is 0. The summed E-state index contributed by atoms with van der Waals surface area (Å²) in [5.74, 6) is 1.60. The number of hydrogen-bond acceptors (Lipinski definition) is 6. The molecule has 35 heavy (non-hydrogen) atoms. The van der Waals surface area contributed by atoms with Crippen molar-refractivity contribution < 1.29 is 0 Å². The van der Waals surface area contributed by atoms with Crippen molar-refractivity contribution in [1.82, 2.24) is 43.8 Å². The normalized spacial score (nSPS) is 12.3. The van der Waals surface area contributed by atoms with Crippen LogP contribution < -0.4 is 0 Å². The van der Waals surface area contributed by atoms with Gasteiger partial charge in [0.15, 0.2) is 5.82 Å². The molecule has 0 atom stereocenters. The molecule has 0 radical (unpaired) electrons. The molecule has 8 aromatic rings. The van der Waals surface area contributed by atoms with E-state index >= 15 is 0 Å². The van der Waals surface area contributed by atoms with E-state index in [1.807, 2.05) is 18.2 Å². The van der Waals surface area contributed by atoms with Crippen molar-refractivity contribution in [2.24, 2.45) is 0 Å². The first-order chi connectivity index (χ1) is 17.2. The minimum absolute atomic E-state index is 0.0539. The van der Waals surface area contributed by atoms with Gasteiger partial charge in [-0.2, -0.15) is 28.5 Å². The maximum Gasteiger partial charge on any atom is 0.261 e. The molecule has 4 heterocycles. The highest BCUT2D eigenvalue weighted by molar-refractivity contribution is 6.29. The minimum Gasteiger partial charge on any atom is -0.189 e. The lowest BCUT2D eigenvalue weighted by atomic mass is 9.91. The standard InChI is InChI=1S/C24H11Cl2N9/c25-20-28-23-33-22(34-24(35(23)32-20)29-21(26)31-34)27-19(30-33)17-11-5-10-16-14-7-2-1-6-12(14)13-8-3-4-9-15(13)18(16)17/h1-11H. The molecule has 9 nitrogen and oxygen atoms in total.